The summed E-state index contributed by atoms with van der Waals surface area (Å²) in [7, 11) is 0. The van der Waals surface area contributed by atoms with Gasteiger partial charge in [0.15, 0.2) is 4.34 Å². The van der Waals surface area contributed by atoms with Gasteiger partial charge in [0.2, 0.25) is 11.0 Å². The average Bonchev–Trinajstić information content (AvgIpc) is 3.17. The third-order valence-corrected chi connectivity index (χ3v) is 6.01. The zero-order chi connectivity index (χ0) is 19.8. The maximum atomic E-state index is 12.1. The van der Waals surface area contributed by atoms with Gasteiger partial charge >= 0.3 is 6.61 Å². The summed E-state index contributed by atoms with van der Waals surface area (Å²) in [5.41, 5.74) is 0.925. The van der Waals surface area contributed by atoms with Gasteiger partial charge in [0.1, 0.15) is 5.75 Å². The molecule has 0 spiro atoms. The van der Waals surface area contributed by atoms with E-state index < -0.39 is 6.61 Å². The molecule has 0 atom stereocenters. The number of anilines is 1. The molecule has 1 amide bonds. The van der Waals surface area contributed by atoms with Crippen molar-refractivity contribution in [2.75, 3.05) is 43.5 Å². The van der Waals surface area contributed by atoms with Crippen molar-refractivity contribution in [3.8, 4) is 5.75 Å². The van der Waals surface area contributed by atoms with E-state index in [4.69, 9.17) is 4.74 Å². The van der Waals surface area contributed by atoms with Crippen LogP contribution in [0.25, 0.3) is 0 Å². The van der Waals surface area contributed by atoms with E-state index >= 15 is 0 Å². The summed E-state index contributed by atoms with van der Waals surface area (Å²) in [6, 6.07) is 6.38. The van der Waals surface area contributed by atoms with Gasteiger partial charge in [0, 0.05) is 19.6 Å². The lowest BCUT2D eigenvalue weighted by atomic mass is 10.1. The quantitative estimate of drug-likeness (QED) is 0.613. The number of hydrogen-bond acceptors (Lipinski definition) is 8. The number of aromatic nitrogens is 2. The summed E-state index contributed by atoms with van der Waals surface area (Å²) >= 11 is 2.83. The highest BCUT2D eigenvalue weighted by Crippen LogP contribution is 2.28. The van der Waals surface area contributed by atoms with Gasteiger partial charge in [-0.15, -0.1) is 10.2 Å². The lowest BCUT2D eigenvalue weighted by Gasteiger charge is -2.25. The van der Waals surface area contributed by atoms with Gasteiger partial charge in [-0.2, -0.15) is 8.78 Å². The minimum absolute atomic E-state index is 0.0919. The summed E-state index contributed by atoms with van der Waals surface area (Å²) in [6.07, 6.45) is 0.603. The standard InChI is InChI=1S/C17H20F2N4O3S2/c18-15(19)26-13-3-1-12(2-4-13)5-6-20-14(24)11-27-17-22-21-16(28-17)23-7-9-25-10-8-23/h1-4,15H,5-11H2,(H,20,24). The molecule has 0 saturated carbocycles. The minimum atomic E-state index is -2.83. The summed E-state index contributed by atoms with van der Waals surface area (Å²) < 4.78 is 34.6. The van der Waals surface area contributed by atoms with Gasteiger partial charge in [-0.05, 0) is 24.1 Å². The van der Waals surface area contributed by atoms with E-state index in [1.165, 1.54) is 35.2 Å². The molecule has 0 unspecified atom stereocenters. The molecule has 28 heavy (non-hydrogen) atoms. The molecule has 3 rings (SSSR count). The predicted molar refractivity (Wildman–Crippen MR) is 103 cm³/mol. The molecule has 0 radical (unpaired) electrons. The van der Waals surface area contributed by atoms with Crippen LogP contribution in [0.2, 0.25) is 0 Å². The van der Waals surface area contributed by atoms with Crippen LogP contribution in [-0.4, -0.2) is 61.3 Å². The number of thioether (sulfide) groups is 1. The number of carbonyl (C=O) groups excluding carboxylic acids is 1. The van der Waals surface area contributed by atoms with Gasteiger partial charge in [-0.25, -0.2) is 0 Å². The fourth-order valence-corrected chi connectivity index (χ4v) is 4.23. The fraction of sp³-hybridized carbons (Fsp3) is 0.471. The second kappa shape index (κ2) is 10.5. The maximum absolute atomic E-state index is 12.1. The SMILES string of the molecule is O=C(CSc1nnc(N2CCOCC2)s1)NCCc1ccc(OC(F)F)cc1. The largest absolute Gasteiger partial charge is 0.435 e. The molecule has 1 saturated heterocycles. The topological polar surface area (TPSA) is 76.6 Å². The Morgan fingerprint density at radius 3 is 2.75 bits per heavy atom. The van der Waals surface area contributed by atoms with Gasteiger partial charge in [0.25, 0.3) is 0 Å². The number of morpholine rings is 1. The van der Waals surface area contributed by atoms with Crippen LogP contribution in [0.1, 0.15) is 5.56 Å². The van der Waals surface area contributed by atoms with Gasteiger partial charge in [-0.1, -0.05) is 35.2 Å². The number of alkyl halides is 2. The van der Waals surface area contributed by atoms with Crippen molar-refractivity contribution >= 4 is 34.1 Å². The number of benzene rings is 1. The van der Waals surface area contributed by atoms with Crippen LogP contribution in [0.5, 0.6) is 5.75 Å². The van der Waals surface area contributed by atoms with Gasteiger partial charge < -0.3 is 19.7 Å². The van der Waals surface area contributed by atoms with Crippen molar-refractivity contribution in [3.05, 3.63) is 29.8 Å². The molecule has 0 bridgehead atoms. The van der Waals surface area contributed by atoms with Crippen molar-refractivity contribution in [1.82, 2.24) is 15.5 Å². The molecule has 2 heterocycles. The van der Waals surface area contributed by atoms with Crippen LogP contribution in [0.3, 0.4) is 0 Å². The van der Waals surface area contributed by atoms with Crippen molar-refractivity contribution in [2.45, 2.75) is 17.4 Å². The highest BCUT2D eigenvalue weighted by Gasteiger charge is 2.16. The fourth-order valence-electron chi connectivity index (χ4n) is 2.51. The predicted octanol–water partition coefficient (Wildman–Crippen LogP) is 2.43. The van der Waals surface area contributed by atoms with E-state index in [0.29, 0.717) is 26.2 Å². The number of carbonyl (C=O) groups is 1. The highest BCUT2D eigenvalue weighted by atomic mass is 32.2. The van der Waals surface area contributed by atoms with E-state index in [-0.39, 0.29) is 17.4 Å². The molecule has 0 aliphatic carbocycles. The van der Waals surface area contributed by atoms with E-state index in [9.17, 15) is 13.6 Å². The zero-order valence-electron chi connectivity index (χ0n) is 15.0. The number of halogens is 2. The molecule has 11 heteroatoms. The Balaban J connectivity index is 1.35. The molecular formula is C17H20F2N4O3S2. The first-order valence-corrected chi connectivity index (χ1v) is 10.5. The first-order valence-electron chi connectivity index (χ1n) is 8.69. The Morgan fingerprint density at radius 1 is 1.29 bits per heavy atom. The zero-order valence-corrected chi connectivity index (χ0v) is 16.6. The molecule has 1 aromatic heterocycles. The van der Waals surface area contributed by atoms with Crippen molar-refractivity contribution in [3.63, 3.8) is 0 Å². The van der Waals surface area contributed by atoms with Crippen molar-refractivity contribution < 1.29 is 23.0 Å². The van der Waals surface area contributed by atoms with Crippen LogP contribution >= 0.6 is 23.1 Å². The Kier molecular flexibility index (Phi) is 7.80. The molecule has 1 aliphatic rings. The van der Waals surface area contributed by atoms with Crippen molar-refractivity contribution in [2.24, 2.45) is 0 Å². The second-order valence-corrected chi connectivity index (χ2v) is 8.04. The Labute approximate surface area is 169 Å². The number of ether oxygens (including phenoxy) is 2. The summed E-state index contributed by atoms with van der Waals surface area (Å²) in [5, 5.41) is 12.0. The number of nitrogens with zero attached hydrogens (tertiary/aromatic N) is 3. The summed E-state index contributed by atoms with van der Waals surface area (Å²) in [4.78, 5) is 14.1. The number of amides is 1. The summed E-state index contributed by atoms with van der Waals surface area (Å²) in [5.74, 6) is 0.289. The van der Waals surface area contributed by atoms with E-state index in [1.807, 2.05) is 0 Å². The molecule has 1 aromatic carbocycles. The lowest BCUT2D eigenvalue weighted by Crippen LogP contribution is -2.36. The molecule has 7 nitrogen and oxygen atoms in total. The van der Waals surface area contributed by atoms with Gasteiger partial charge in [0.05, 0.1) is 19.0 Å². The maximum Gasteiger partial charge on any atom is 0.387 e. The van der Waals surface area contributed by atoms with E-state index in [1.54, 1.807) is 12.1 Å². The van der Waals surface area contributed by atoms with E-state index in [2.05, 4.69) is 25.2 Å². The average molecular weight is 431 g/mol. The van der Waals surface area contributed by atoms with E-state index in [0.717, 1.165) is 28.1 Å². The smallest absolute Gasteiger partial charge is 0.387 e. The third kappa shape index (κ3) is 6.57. The Hall–Kier alpha value is -1.98. The molecule has 152 valence electrons. The Bertz CT molecular complexity index is 755. The summed E-state index contributed by atoms with van der Waals surface area (Å²) in [6.45, 7) is 0.604. The van der Waals surface area contributed by atoms with Crippen LogP contribution in [0.15, 0.2) is 28.6 Å². The molecule has 2 aromatic rings. The van der Waals surface area contributed by atoms with Crippen LogP contribution in [-0.2, 0) is 16.0 Å². The number of rotatable bonds is 9. The molecule has 1 N–H and O–H groups in total. The third-order valence-electron chi connectivity index (χ3n) is 3.89. The molecular weight excluding hydrogens is 410 g/mol. The number of nitrogens with one attached hydrogen (secondary N) is 1. The van der Waals surface area contributed by atoms with Crippen LogP contribution < -0.4 is 15.0 Å². The Morgan fingerprint density at radius 2 is 2.04 bits per heavy atom. The lowest BCUT2D eigenvalue weighted by molar-refractivity contribution is -0.118. The second-order valence-electron chi connectivity index (χ2n) is 5.86. The van der Waals surface area contributed by atoms with Gasteiger partial charge in [-0.3, -0.25) is 4.79 Å². The molecule has 1 fully saturated rings. The van der Waals surface area contributed by atoms with Crippen LogP contribution in [0, 0.1) is 0 Å². The van der Waals surface area contributed by atoms with Crippen molar-refractivity contribution in [1.29, 1.82) is 0 Å². The minimum Gasteiger partial charge on any atom is -0.435 e. The molecule has 1 aliphatic heterocycles. The normalized spacial score (nSPS) is 14.3. The number of hydrogen-bond donors (Lipinski definition) is 1. The highest BCUT2D eigenvalue weighted by molar-refractivity contribution is 8.01. The van der Waals surface area contributed by atoms with Crippen LogP contribution in [0.4, 0.5) is 13.9 Å². The first kappa shape index (κ1) is 20.7. The monoisotopic (exact) mass is 430 g/mol. The first-order chi connectivity index (χ1) is 13.6.